The third-order valence-electron chi connectivity index (χ3n) is 7.45. The van der Waals surface area contributed by atoms with Gasteiger partial charge in [0.25, 0.3) is 0 Å². The smallest absolute Gasteiger partial charge is 0.0125 e. The molecule has 1 aliphatic carbocycles. The van der Waals surface area contributed by atoms with Gasteiger partial charge in [0.05, 0.1) is 0 Å². The van der Waals surface area contributed by atoms with Crippen LogP contribution < -0.4 is 0 Å². The number of piperidine rings is 2. The predicted octanol–water partition coefficient (Wildman–Crippen LogP) is 5.18. The second-order valence-electron chi connectivity index (χ2n) is 11.3. The summed E-state index contributed by atoms with van der Waals surface area (Å²) in [7, 11) is 0. The minimum atomic E-state index is 0.367. The van der Waals surface area contributed by atoms with Crippen molar-refractivity contribution in [2.24, 2.45) is 17.3 Å². The van der Waals surface area contributed by atoms with Crippen molar-refractivity contribution in [1.29, 1.82) is 0 Å². The van der Waals surface area contributed by atoms with Crippen LogP contribution >= 0.6 is 0 Å². The molecule has 0 aromatic heterocycles. The van der Waals surface area contributed by atoms with Gasteiger partial charge in [-0.3, -0.25) is 9.80 Å². The van der Waals surface area contributed by atoms with Crippen LogP contribution in [0.3, 0.4) is 0 Å². The highest BCUT2D eigenvalue weighted by atomic mass is 15.2. The summed E-state index contributed by atoms with van der Waals surface area (Å²) >= 11 is 0. The summed E-state index contributed by atoms with van der Waals surface area (Å²) in [5, 5.41) is 0. The average molecular weight is 335 g/mol. The summed E-state index contributed by atoms with van der Waals surface area (Å²) in [4.78, 5) is 5.39. The lowest BCUT2D eigenvalue weighted by Crippen LogP contribution is -2.52. The molecule has 140 valence electrons. The van der Waals surface area contributed by atoms with Gasteiger partial charge in [-0.25, -0.2) is 0 Å². The molecule has 0 radical (unpaired) electrons. The Morgan fingerprint density at radius 2 is 1.17 bits per heavy atom. The highest BCUT2D eigenvalue weighted by molar-refractivity contribution is 4.99. The molecule has 0 aromatic rings. The highest BCUT2D eigenvalue weighted by Crippen LogP contribution is 2.55. The van der Waals surface area contributed by atoms with Crippen LogP contribution in [-0.2, 0) is 0 Å². The predicted molar refractivity (Wildman–Crippen MR) is 104 cm³/mol. The van der Waals surface area contributed by atoms with Gasteiger partial charge in [-0.05, 0) is 130 Å². The minimum Gasteiger partial charge on any atom is -0.298 e. The number of likely N-dealkylation sites (tertiary alicyclic amines) is 2. The fourth-order valence-electron chi connectivity index (χ4n) is 5.70. The molecular formula is C22H42N2. The van der Waals surface area contributed by atoms with E-state index in [-0.39, 0.29) is 0 Å². The summed E-state index contributed by atoms with van der Waals surface area (Å²) in [6.07, 6.45) is 10.4. The van der Waals surface area contributed by atoms with Crippen LogP contribution in [-0.4, -0.2) is 47.1 Å². The normalized spacial score (nSPS) is 28.2. The van der Waals surface area contributed by atoms with Crippen LogP contribution in [0.1, 0.15) is 86.5 Å². The molecule has 3 fully saturated rings. The molecule has 0 bridgehead atoms. The van der Waals surface area contributed by atoms with Crippen molar-refractivity contribution in [1.82, 2.24) is 9.80 Å². The molecule has 3 rings (SSSR count). The first-order valence-electron chi connectivity index (χ1n) is 10.6. The van der Waals surface area contributed by atoms with Crippen LogP contribution in [0.2, 0.25) is 0 Å². The van der Waals surface area contributed by atoms with E-state index < -0.39 is 0 Å². The van der Waals surface area contributed by atoms with Crippen molar-refractivity contribution in [2.45, 2.75) is 97.6 Å². The van der Waals surface area contributed by atoms with E-state index in [1.54, 1.807) is 12.8 Å². The molecule has 0 unspecified atom stereocenters. The lowest BCUT2D eigenvalue weighted by molar-refractivity contribution is -0.0459. The third-order valence-corrected chi connectivity index (χ3v) is 7.45. The Kier molecular flexibility index (Phi) is 5.13. The molecule has 1 spiro atoms. The molecule has 2 heterocycles. The van der Waals surface area contributed by atoms with Crippen LogP contribution in [0.25, 0.3) is 0 Å². The molecule has 0 aromatic carbocycles. The van der Waals surface area contributed by atoms with Gasteiger partial charge in [0.1, 0.15) is 0 Å². The van der Waals surface area contributed by atoms with E-state index in [2.05, 4.69) is 51.3 Å². The molecule has 0 N–H and O–H groups in total. The molecule has 2 aliphatic heterocycles. The Hall–Kier alpha value is -0.0800. The highest BCUT2D eigenvalue weighted by Gasteiger charge is 2.47. The first-order chi connectivity index (χ1) is 11.1. The molecule has 2 saturated heterocycles. The molecule has 1 saturated carbocycles. The fraction of sp³-hybridized carbons (Fsp3) is 1.00. The number of hydrogen-bond acceptors (Lipinski definition) is 2. The van der Waals surface area contributed by atoms with Crippen molar-refractivity contribution in [3.63, 3.8) is 0 Å². The van der Waals surface area contributed by atoms with E-state index in [1.807, 2.05) is 0 Å². The van der Waals surface area contributed by atoms with Crippen LogP contribution in [0.5, 0.6) is 0 Å². The lowest BCUT2D eigenvalue weighted by atomic mass is 9.55. The Balaban J connectivity index is 1.38. The maximum absolute atomic E-state index is 2.70. The van der Waals surface area contributed by atoms with Crippen molar-refractivity contribution >= 4 is 0 Å². The average Bonchev–Trinajstić information content (AvgIpc) is 2.45. The van der Waals surface area contributed by atoms with Crippen LogP contribution in [0.15, 0.2) is 0 Å². The van der Waals surface area contributed by atoms with Crippen molar-refractivity contribution < 1.29 is 0 Å². The number of rotatable bonds is 2. The zero-order chi connectivity index (χ0) is 17.6. The first kappa shape index (κ1) is 18.7. The minimum absolute atomic E-state index is 0.367. The van der Waals surface area contributed by atoms with E-state index in [0.29, 0.717) is 11.1 Å². The van der Waals surface area contributed by atoms with E-state index in [1.165, 1.54) is 58.3 Å². The van der Waals surface area contributed by atoms with E-state index >= 15 is 0 Å². The Labute approximate surface area is 151 Å². The van der Waals surface area contributed by atoms with E-state index in [4.69, 9.17) is 0 Å². The molecule has 0 atom stereocenters. The Bertz CT molecular complexity index is 401. The van der Waals surface area contributed by atoms with Gasteiger partial charge < -0.3 is 0 Å². The molecule has 0 amide bonds. The summed E-state index contributed by atoms with van der Waals surface area (Å²) < 4.78 is 0. The zero-order valence-electron chi connectivity index (χ0n) is 17.3. The maximum Gasteiger partial charge on any atom is 0.0125 e. The summed E-state index contributed by atoms with van der Waals surface area (Å²) in [6.45, 7) is 19.5. The lowest BCUT2D eigenvalue weighted by Gasteiger charge is -2.55. The fourth-order valence-corrected chi connectivity index (χ4v) is 5.70. The number of nitrogens with zero attached hydrogens (tertiary/aromatic N) is 2. The zero-order valence-corrected chi connectivity index (χ0v) is 17.3. The van der Waals surface area contributed by atoms with Gasteiger partial charge >= 0.3 is 0 Å². The summed E-state index contributed by atoms with van der Waals surface area (Å²) in [6, 6.07) is 0. The largest absolute Gasteiger partial charge is 0.298 e. The molecule has 2 heteroatoms. The molecular weight excluding hydrogens is 292 g/mol. The summed E-state index contributed by atoms with van der Waals surface area (Å²) in [5.41, 5.74) is 1.48. The first-order valence-corrected chi connectivity index (χ1v) is 10.6. The van der Waals surface area contributed by atoms with Gasteiger partial charge in [0, 0.05) is 11.1 Å². The van der Waals surface area contributed by atoms with Gasteiger partial charge in [-0.1, -0.05) is 0 Å². The van der Waals surface area contributed by atoms with Crippen molar-refractivity contribution in [3.05, 3.63) is 0 Å². The van der Waals surface area contributed by atoms with Crippen molar-refractivity contribution in [3.8, 4) is 0 Å². The monoisotopic (exact) mass is 334 g/mol. The van der Waals surface area contributed by atoms with Gasteiger partial charge in [0.15, 0.2) is 0 Å². The second-order valence-corrected chi connectivity index (χ2v) is 11.3. The number of hydrogen-bond donors (Lipinski definition) is 0. The standard InChI is InChI=1S/C22H42N2/c1-20(2,3)23-11-7-18(8-12-23)15-19-16-22(17-19)9-13-24(14-10-22)21(4,5)6/h18-19H,7-17H2,1-6H3. The topological polar surface area (TPSA) is 6.48 Å². The second kappa shape index (κ2) is 6.58. The van der Waals surface area contributed by atoms with Gasteiger partial charge in [-0.15, -0.1) is 0 Å². The van der Waals surface area contributed by atoms with Crippen LogP contribution in [0, 0.1) is 17.3 Å². The van der Waals surface area contributed by atoms with Gasteiger partial charge in [-0.2, -0.15) is 0 Å². The quantitative estimate of drug-likeness (QED) is 0.686. The van der Waals surface area contributed by atoms with E-state index in [0.717, 1.165) is 17.3 Å². The van der Waals surface area contributed by atoms with Crippen molar-refractivity contribution in [2.75, 3.05) is 26.2 Å². The maximum atomic E-state index is 2.70. The van der Waals surface area contributed by atoms with E-state index in [9.17, 15) is 0 Å². The Morgan fingerprint density at radius 1 is 0.708 bits per heavy atom. The third kappa shape index (κ3) is 4.18. The summed E-state index contributed by atoms with van der Waals surface area (Å²) in [5.74, 6) is 2.07. The van der Waals surface area contributed by atoms with Gasteiger partial charge in [0.2, 0.25) is 0 Å². The SMILES string of the molecule is CC(C)(C)N1CCC(CC2CC3(CCN(C(C)(C)C)CC3)C2)CC1. The molecule has 24 heavy (non-hydrogen) atoms. The molecule has 2 nitrogen and oxygen atoms in total. The van der Waals surface area contributed by atoms with Crippen LogP contribution in [0.4, 0.5) is 0 Å². The molecule has 3 aliphatic rings. The Morgan fingerprint density at radius 3 is 1.62 bits per heavy atom.